The second kappa shape index (κ2) is 7.94. The molecule has 3 rings (SSSR count). The Morgan fingerprint density at radius 3 is 2.78 bits per heavy atom. The van der Waals surface area contributed by atoms with Gasteiger partial charge in [0.1, 0.15) is 6.26 Å². The first-order valence-corrected chi connectivity index (χ1v) is 8.48. The third-order valence-corrected chi connectivity index (χ3v) is 4.16. The summed E-state index contributed by atoms with van der Waals surface area (Å²) < 4.78 is 16.3. The van der Waals surface area contributed by atoms with Crippen LogP contribution in [0.2, 0.25) is 0 Å². The Balaban J connectivity index is 1.59. The summed E-state index contributed by atoms with van der Waals surface area (Å²) in [5.74, 6) is 1.19. The number of H-pyrrole nitrogens is 1. The highest BCUT2D eigenvalue weighted by Gasteiger charge is 2.15. The minimum absolute atomic E-state index is 0.0899. The van der Waals surface area contributed by atoms with Crippen LogP contribution < -0.4 is 14.8 Å². The number of ether oxygens (including phenoxy) is 2. The molecule has 3 aromatic rings. The van der Waals surface area contributed by atoms with Crippen LogP contribution in [0, 0.1) is 20.8 Å². The highest BCUT2D eigenvalue weighted by molar-refractivity contribution is 5.91. The molecule has 142 valence electrons. The molecule has 0 radical (unpaired) electrons. The number of amides is 1. The number of aromatic amines is 1. The first-order valence-electron chi connectivity index (χ1n) is 8.48. The van der Waals surface area contributed by atoms with E-state index in [1.165, 1.54) is 6.26 Å². The van der Waals surface area contributed by atoms with Gasteiger partial charge in [-0.25, -0.2) is 4.98 Å². The second-order valence-electron chi connectivity index (χ2n) is 6.16. The van der Waals surface area contributed by atoms with Crippen LogP contribution in [0.1, 0.15) is 38.9 Å². The number of aromatic nitrogens is 3. The van der Waals surface area contributed by atoms with E-state index in [9.17, 15) is 4.79 Å². The quantitative estimate of drug-likeness (QED) is 0.663. The Morgan fingerprint density at radius 1 is 1.26 bits per heavy atom. The van der Waals surface area contributed by atoms with Crippen LogP contribution in [0.25, 0.3) is 0 Å². The Bertz CT molecular complexity index is 926. The zero-order valence-corrected chi connectivity index (χ0v) is 15.8. The molecule has 0 aliphatic heterocycles. The van der Waals surface area contributed by atoms with Crippen molar-refractivity contribution in [1.82, 2.24) is 20.5 Å². The fourth-order valence-electron chi connectivity index (χ4n) is 2.61. The van der Waals surface area contributed by atoms with Crippen molar-refractivity contribution in [2.24, 2.45) is 0 Å². The van der Waals surface area contributed by atoms with Gasteiger partial charge in [0, 0.05) is 17.8 Å². The predicted octanol–water partition coefficient (Wildman–Crippen LogP) is 2.84. The Labute approximate surface area is 156 Å². The van der Waals surface area contributed by atoms with Crippen molar-refractivity contribution in [3.8, 4) is 11.5 Å². The van der Waals surface area contributed by atoms with Crippen LogP contribution in [-0.2, 0) is 13.2 Å². The molecule has 8 heteroatoms. The Kier molecular flexibility index (Phi) is 5.44. The van der Waals surface area contributed by atoms with Gasteiger partial charge in [-0.1, -0.05) is 6.07 Å². The molecular formula is C19H22N4O4. The summed E-state index contributed by atoms with van der Waals surface area (Å²) in [7, 11) is 1.58. The number of rotatable bonds is 7. The Morgan fingerprint density at radius 2 is 2.07 bits per heavy atom. The monoisotopic (exact) mass is 370 g/mol. The number of carbonyl (C=O) groups is 1. The molecule has 0 fully saturated rings. The van der Waals surface area contributed by atoms with Gasteiger partial charge in [0.15, 0.2) is 23.8 Å². The van der Waals surface area contributed by atoms with Gasteiger partial charge < -0.3 is 19.2 Å². The molecule has 2 heterocycles. The van der Waals surface area contributed by atoms with Crippen molar-refractivity contribution in [2.75, 3.05) is 7.11 Å². The number of benzene rings is 1. The lowest BCUT2D eigenvalue weighted by molar-refractivity contribution is 0.0945. The van der Waals surface area contributed by atoms with Crippen molar-refractivity contribution in [3.63, 3.8) is 0 Å². The molecule has 1 amide bonds. The molecule has 2 aromatic heterocycles. The van der Waals surface area contributed by atoms with Crippen molar-refractivity contribution >= 4 is 5.91 Å². The zero-order chi connectivity index (χ0) is 19.4. The smallest absolute Gasteiger partial charge is 0.273 e. The summed E-state index contributed by atoms with van der Waals surface area (Å²) in [6.45, 7) is 6.22. The largest absolute Gasteiger partial charge is 0.493 e. The number of oxazole rings is 1. The van der Waals surface area contributed by atoms with E-state index in [2.05, 4.69) is 20.5 Å². The van der Waals surface area contributed by atoms with Gasteiger partial charge >= 0.3 is 0 Å². The molecule has 2 N–H and O–H groups in total. The number of methoxy groups -OCH3 is 1. The van der Waals surface area contributed by atoms with Crippen LogP contribution in [0.5, 0.6) is 11.5 Å². The standard InChI is InChI=1S/C19H22N4O4/c1-11-5-6-16(17(7-11)25-4)26-10-18-21-15(9-27-18)19(24)20-8-14-12(2)22-23-13(14)3/h5-7,9H,8,10H2,1-4H3,(H,20,24)(H,22,23). The number of carbonyl (C=O) groups excluding carboxylic acids is 1. The Hall–Kier alpha value is -3.29. The molecule has 0 atom stereocenters. The zero-order valence-electron chi connectivity index (χ0n) is 15.8. The van der Waals surface area contributed by atoms with E-state index in [0.29, 0.717) is 23.9 Å². The average molecular weight is 370 g/mol. The summed E-state index contributed by atoms with van der Waals surface area (Å²) >= 11 is 0. The normalized spacial score (nSPS) is 10.7. The lowest BCUT2D eigenvalue weighted by Crippen LogP contribution is -2.23. The summed E-state index contributed by atoms with van der Waals surface area (Å²) in [4.78, 5) is 16.4. The maximum atomic E-state index is 12.3. The average Bonchev–Trinajstić information content (AvgIpc) is 3.26. The van der Waals surface area contributed by atoms with Crippen molar-refractivity contribution in [1.29, 1.82) is 0 Å². The molecule has 0 saturated heterocycles. The van der Waals surface area contributed by atoms with E-state index in [1.54, 1.807) is 7.11 Å². The van der Waals surface area contributed by atoms with Gasteiger partial charge in [0.05, 0.1) is 12.8 Å². The van der Waals surface area contributed by atoms with Gasteiger partial charge in [0.2, 0.25) is 5.89 Å². The van der Waals surface area contributed by atoms with Crippen molar-refractivity contribution in [3.05, 3.63) is 58.6 Å². The molecule has 0 bridgehead atoms. The first kappa shape index (κ1) is 18.5. The summed E-state index contributed by atoms with van der Waals surface area (Å²) in [6.07, 6.45) is 1.31. The molecule has 0 aliphatic carbocycles. The van der Waals surface area contributed by atoms with E-state index in [-0.39, 0.29) is 18.2 Å². The fourth-order valence-corrected chi connectivity index (χ4v) is 2.61. The predicted molar refractivity (Wildman–Crippen MR) is 97.8 cm³/mol. The third-order valence-electron chi connectivity index (χ3n) is 4.16. The molecule has 0 spiro atoms. The number of hydrogen-bond acceptors (Lipinski definition) is 6. The minimum atomic E-state index is -0.321. The van der Waals surface area contributed by atoms with Crippen LogP contribution in [0.15, 0.2) is 28.9 Å². The van der Waals surface area contributed by atoms with E-state index < -0.39 is 0 Å². The van der Waals surface area contributed by atoms with Crippen LogP contribution >= 0.6 is 0 Å². The molecule has 8 nitrogen and oxygen atoms in total. The van der Waals surface area contributed by atoms with Gasteiger partial charge in [-0.15, -0.1) is 0 Å². The highest BCUT2D eigenvalue weighted by atomic mass is 16.5. The van der Waals surface area contributed by atoms with Crippen molar-refractivity contribution < 1.29 is 18.7 Å². The van der Waals surface area contributed by atoms with E-state index in [0.717, 1.165) is 22.5 Å². The second-order valence-corrected chi connectivity index (χ2v) is 6.16. The van der Waals surface area contributed by atoms with Crippen LogP contribution in [0.3, 0.4) is 0 Å². The summed E-state index contributed by atoms with van der Waals surface area (Å²) in [5, 5.41) is 9.81. The van der Waals surface area contributed by atoms with Gasteiger partial charge in [-0.3, -0.25) is 9.89 Å². The van der Waals surface area contributed by atoms with Gasteiger partial charge in [-0.2, -0.15) is 5.10 Å². The fraction of sp³-hybridized carbons (Fsp3) is 0.316. The maximum absolute atomic E-state index is 12.3. The van der Waals surface area contributed by atoms with Crippen molar-refractivity contribution in [2.45, 2.75) is 33.9 Å². The summed E-state index contributed by atoms with van der Waals surface area (Å²) in [6, 6.07) is 5.62. The topological polar surface area (TPSA) is 102 Å². The molecule has 0 aliphatic rings. The third kappa shape index (κ3) is 4.28. The van der Waals surface area contributed by atoms with E-state index in [1.807, 2.05) is 39.0 Å². The molecule has 1 aromatic carbocycles. The van der Waals surface area contributed by atoms with Crippen LogP contribution in [-0.4, -0.2) is 28.2 Å². The lowest BCUT2D eigenvalue weighted by atomic mass is 10.2. The number of nitrogens with one attached hydrogen (secondary N) is 2. The number of nitrogens with zero attached hydrogens (tertiary/aromatic N) is 2. The van der Waals surface area contributed by atoms with E-state index >= 15 is 0 Å². The molecular weight excluding hydrogens is 348 g/mol. The number of aryl methyl sites for hydroxylation is 3. The first-order chi connectivity index (χ1) is 13.0. The minimum Gasteiger partial charge on any atom is -0.493 e. The van der Waals surface area contributed by atoms with E-state index in [4.69, 9.17) is 13.9 Å². The maximum Gasteiger partial charge on any atom is 0.273 e. The van der Waals surface area contributed by atoms with Crippen LogP contribution in [0.4, 0.5) is 0 Å². The van der Waals surface area contributed by atoms with Gasteiger partial charge in [-0.05, 0) is 38.5 Å². The molecule has 0 saturated carbocycles. The molecule has 0 unspecified atom stereocenters. The molecule has 27 heavy (non-hydrogen) atoms. The number of hydrogen-bond donors (Lipinski definition) is 2. The lowest BCUT2D eigenvalue weighted by Gasteiger charge is -2.09. The van der Waals surface area contributed by atoms with Gasteiger partial charge in [0.25, 0.3) is 5.91 Å². The SMILES string of the molecule is COc1cc(C)ccc1OCc1nc(C(=O)NCc2c(C)n[nH]c2C)co1. The highest BCUT2D eigenvalue weighted by Crippen LogP contribution is 2.28. The summed E-state index contributed by atoms with van der Waals surface area (Å²) in [5.41, 5.74) is 4.01.